The molecule has 0 aliphatic heterocycles. The van der Waals surface area contributed by atoms with Gasteiger partial charge in [-0.25, -0.2) is 0 Å². The van der Waals surface area contributed by atoms with E-state index in [9.17, 15) is 34.8 Å². The second-order valence-corrected chi connectivity index (χ2v) is 30.4. The smallest absolute Gasteiger partial charge is 0.303 e. The Kier molecular flexibility index (Phi) is 48.8. The van der Waals surface area contributed by atoms with Gasteiger partial charge in [-0.05, 0) is 210 Å². The van der Waals surface area contributed by atoms with Crippen molar-refractivity contribution in [1.29, 1.82) is 0 Å². The van der Waals surface area contributed by atoms with Crippen LogP contribution in [0.25, 0.3) is 0 Å². The van der Waals surface area contributed by atoms with Crippen LogP contribution in [-0.2, 0) is 23.9 Å². The van der Waals surface area contributed by atoms with Crippen molar-refractivity contribution in [3.63, 3.8) is 0 Å². The first kappa shape index (κ1) is 86.6. The summed E-state index contributed by atoms with van der Waals surface area (Å²) in [5.41, 5.74) is 9.48. The number of aliphatic hydroxyl groups excluding tert-OH is 4. The Morgan fingerprint density at radius 3 is 1.03 bits per heavy atom. The van der Waals surface area contributed by atoms with Gasteiger partial charge in [-0.3, -0.25) is 14.4 Å². The lowest BCUT2D eigenvalue weighted by atomic mass is 9.83. The van der Waals surface area contributed by atoms with E-state index in [2.05, 4.69) is 116 Å². The van der Waals surface area contributed by atoms with Gasteiger partial charge in [0.05, 0.1) is 24.4 Å². The van der Waals surface area contributed by atoms with Crippen LogP contribution in [0, 0.1) is 47.3 Å². The van der Waals surface area contributed by atoms with Gasteiger partial charge in [-0.1, -0.05) is 241 Å². The van der Waals surface area contributed by atoms with Crippen LogP contribution in [0.15, 0.2) is 81.5 Å². The number of carbonyl (C=O) groups is 3. The molecule has 0 aromatic carbocycles. The monoisotopic (exact) mass is 1290 g/mol. The molecule has 532 valence electrons. The first-order valence-electron chi connectivity index (χ1n) is 38.0. The third-order valence-corrected chi connectivity index (χ3v) is 19.3. The lowest BCUT2D eigenvalue weighted by Crippen LogP contribution is -2.22. The lowest BCUT2D eigenvalue weighted by Gasteiger charge is -2.27. The first-order valence-corrected chi connectivity index (χ1v) is 38.0. The first-order chi connectivity index (χ1) is 43.7. The summed E-state index contributed by atoms with van der Waals surface area (Å²) in [5.74, 6) is 5.73. The van der Waals surface area contributed by atoms with E-state index in [1.54, 1.807) is 0 Å². The van der Waals surface area contributed by atoms with Gasteiger partial charge in [0.25, 0.3) is 0 Å². The van der Waals surface area contributed by atoms with Crippen LogP contribution in [0.1, 0.15) is 342 Å². The molecule has 13 atom stereocenters. The fourth-order valence-electron chi connectivity index (χ4n) is 15.3. The molecule has 9 nitrogen and oxygen atoms in total. The van der Waals surface area contributed by atoms with Gasteiger partial charge in [0.1, 0.15) is 12.2 Å². The average Bonchev–Trinajstić information content (AvgIpc) is 2.02. The van der Waals surface area contributed by atoms with Crippen molar-refractivity contribution in [2.45, 2.75) is 379 Å². The summed E-state index contributed by atoms with van der Waals surface area (Å²) < 4.78 is 10.4. The number of unbranched alkanes of at least 4 members (excludes halogenated alkanes) is 9. The SMILES string of the molecule is CC1=CC(O)CC(CC(C)C)C1.CCC1CC(C)=CC(OC(C)=O)C1.CCCCC1CC(=O)C=C(C)C1.CCCCC1CC(C)=CC(O)C1.CCCCC1CC(C)=CC(OC(C)=O)C1.CCCCCC1CC(C)=CC(O)C1.CCCCCCCC1CC(C)=CC(O)C1. The maximum Gasteiger partial charge on any atom is 0.303 e. The fraction of sp³-hybridized carbons (Fsp3) is 0.795. The highest BCUT2D eigenvalue weighted by atomic mass is 16.5. The molecule has 4 N–H and O–H groups in total. The molecular formula is C83H146O9. The number of ketones is 1. The zero-order valence-electron chi connectivity index (χ0n) is 62.7. The molecule has 0 fully saturated rings. The number of ether oxygens (including phenoxy) is 2. The van der Waals surface area contributed by atoms with Gasteiger partial charge in [0.2, 0.25) is 0 Å². The van der Waals surface area contributed by atoms with Crippen molar-refractivity contribution in [1.82, 2.24) is 0 Å². The number of allylic oxidation sites excluding steroid dienone is 8. The predicted octanol–water partition coefficient (Wildman–Crippen LogP) is 22.2. The van der Waals surface area contributed by atoms with E-state index >= 15 is 0 Å². The summed E-state index contributed by atoms with van der Waals surface area (Å²) in [5, 5.41) is 38.1. The van der Waals surface area contributed by atoms with Gasteiger partial charge >= 0.3 is 11.9 Å². The van der Waals surface area contributed by atoms with E-state index in [4.69, 9.17) is 9.47 Å². The molecule has 0 aromatic heterocycles. The Labute approximate surface area is 567 Å². The minimum Gasteiger partial charge on any atom is -0.458 e. The normalized spacial score (nSPS) is 27.6. The van der Waals surface area contributed by atoms with Crippen LogP contribution in [0.2, 0.25) is 0 Å². The van der Waals surface area contributed by atoms with E-state index in [1.807, 2.05) is 30.4 Å². The standard InChI is InChI=1S/C14H26O.C13H22O2.C12H22O.C11H18O2.2C11H20O.C11H18O/c1-3-4-5-6-7-8-13-9-12(2)10-14(15)11-13;1-4-5-6-12-7-10(2)8-13(9-12)15-11(3)14;1-3-4-5-6-11-7-10(2)8-12(13)9-11;1-4-10-5-8(2)6-11(7-10)13-9(3)12;1-8(2)4-10-5-9(3)6-11(12)7-10;2*1-3-4-5-10-6-9(2)7-11(12)8-10/h10,13-15H,3-9,11H2,1-2H3;8,12-13H,4-7,9H2,1-3H3;8,11-13H,3-7,9H2,1-2H3;6,10-11H,4-5,7H2,1-3H3;6,8,10-12H,4-5,7H2,1-3H3;7,10-12H,3-6,8H2,1-2H3;7,10H,3-6,8H2,1-2H3. The molecule has 0 bridgehead atoms. The zero-order valence-corrected chi connectivity index (χ0v) is 62.7. The van der Waals surface area contributed by atoms with Crippen molar-refractivity contribution in [2.24, 2.45) is 47.3 Å². The van der Waals surface area contributed by atoms with Gasteiger partial charge < -0.3 is 29.9 Å². The number of rotatable bonds is 24. The van der Waals surface area contributed by atoms with Crippen molar-refractivity contribution in [3.05, 3.63) is 81.5 Å². The molecule has 7 rings (SSSR count). The van der Waals surface area contributed by atoms with Crippen LogP contribution in [-0.4, -0.2) is 74.8 Å². The van der Waals surface area contributed by atoms with Crippen molar-refractivity contribution in [2.75, 3.05) is 0 Å². The third kappa shape index (κ3) is 45.1. The number of aliphatic hydroxyl groups is 4. The Balaban J connectivity index is 0.000000538. The molecule has 0 saturated heterocycles. The molecule has 0 aromatic rings. The molecule has 0 spiro atoms. The van der Waals surface area contributed by atoms with Crippen LogP contribution in [0.5, 0.6) is 0 Å². The second kappa shape index (κ2) is 51.8. The van der Waals surface area contributed by atoms with Crippen molar-refractivity contribution in [3.8, 4) is 0 Å². The third-order valence-electron chi connectivity index (χ3n) is 19.3. The lowest BCUT2D eigenvalue weighted by molar-refractivity contribution is -0.146. The van der Waals surface area contributed by atoms with Gasteiger partial charge in [0, 0.05) is 20.3 Å². The summed E-state index contributed by atoms with van der Waals surface area (Å²) in [7, 11) is 0. The molecule has 0 saturated carbocycles. The molecule has 7 aliphatic carbocycles. The molecule has 13 unspecified atom stereocenters. The predicted molar refractivity (Wildman–Crippen MR) is 391 cm³/mol. The van der Waals surface area contributed by atoms with E-state index < -0.39 is 0 Å². The van der Waals surface area contributed by atoms with Gasteiger partial charge in [-0.15, -0.1) is 0 Å². The van der Waals surface area contributed by atoms with E-state index in [1.165, 1.54) is 220 Å². The quantitative estimate of drug-likeness (QED) is 0.0421. The zero-order chi connectivity index (χ0) is 69.0. The van der Waals surface area contributed by atoms with Crippen LogP contribution >= 0.6 is 0 Å². The Morgan fingerprint density at radius 1 is 0.380 bits per heavy atom. The van der Waals surface area contributed by atoms with Crippen LogP contribution in [0.3, 0.4) is 0 Å². The molecular weight excluding hydrogens is 1140 g/mol. The van der Waals surface area contributed by atoms with E-state index in [-0.39, 0.29) is 48.6 Å². The van der Waals surface area contributed by atoms with Crippen LogP contribution < -0.4 is 0 Å². The minimum atomic E-state index is -0.178. The molecule has 9 heteroatoms. The Hall–Kier alpha value is -3.37. The molecule has 0 heterocycles. The highest BCUT2D eigenvalue weighted by molar-refractivity contribution is 5.91. The summed E-state index contributed by atoms with van der Waals surface area (Å²) >= 11 is 0. The van der Waals surface area contributed by atoms with E-state index in [0.29, 0.717) is 29.5 Å². The number of esters is 2. The van der Waals surface area contributed by atoms with Crippen LogP contribution in [0.4, 0.5) is 0 Å². The van der Waals surface area contributed by atoms with Gasteiger partial charge in [-0.2, -0.15) is 0 Å². The minimum absolute atomic E-state index is 0.0243. The number of hydrogen-bond acceptors (Lipinski definition) is 9. The Morgan fingerprint density at radius 2 is 0.674 bits per heavy atom. The van der Waals surface area contributed by atoms with E-state index in [0.717, 1.165) is 81.5 Å². The molecule has 0 amide bonds. The number of hydrogen-bond donors (Lipinski definition) is 4. The molecule has 7 aliphatic rings. The number of carbonyl (C=O) groups excluding carboxylic acids is 3. The summed E-state index contributed by atoms with van der Waals surface area (Å²) in [6.07, 6.45) is 55.7. The van der Waals surface area contributed by atoms with Crippen molar-refractivity contribution >= 4 is 17.7 Å². The summed E-state index contributed by atoms with van der Waals surface area (Å²) in [6.45, 7) is 35.6. The highest BCUT2D eigenvalue weighted by Crippen LogP contribution is 2.34. The van der Waals surface area contributed by atoms with Gasteiger partial charge in [0.15, 0.2) is 5.78 Å². The second-order valence-electron chi connectivity index (χ2n) is 30.4. The maximum atomic E-state index is 11.2. The molecule has 0 radical (unpaired) electrons. The Bertz CT molecular complexity index is 2210. The highest BCUT2D eigenvalue weighted by Gasteiger charge is 2.25. The largest absolute Gasteiger partial charge is 0.458 e. The summed E-state index contributed by atoms with van der Waals surface area (Å²) in [6, 6.07) is 0. The van der Waals surface area contributed by atoms with Crippen molar-refractivity contribution < 1.29 is 44.3 Å². The summed E-state index contributed by atoms with van der Waals surface area (Å²) in [4.78, 5) is 32.8. The topological polar surface area (TPSA) is 151 Å². The maximum absolute atomic E-state index is 11.2. The fourth-order valence-corrected chi connectivity index (χ4v) is 15.3. The molecule has 92 heavy (non-hydrogen) atoms. The average molecular weight is 1290 g/mol.